The number of thiophene rings is 1. The summed E-state index contributed by atoms with van der Waals surface area (Å²) >= 11 is 5.30. The van der Waals surface area contributed by atoms with Crippen molar-refractivity contribution < 1.29 is 4.74 Å². The van der Waals surface area contributed by atoms with Gasteiger partial charge in [-0.3, -0.25) is 4.90 Å². The Bertz CT molecular complexity index is 358. The van der Waals surface area contributed by atoms with E-state index in [0.29, 0.717) is 18.6 Å². The zero-order valence-corrected chi connectivity index (χ0v) is 12.5. The molecule has 1 aliphatic rings. The van der Waals surface area contributed by atoms with Gasteiger partial charge in [0, 0.05) is 24.0 Å². The van der Waals surface area contributed by atoms with Gasteiger partial charge in [0.2, 0.25) is 0 Å². The first-order chi connectivity index (χ1) is 8.26. The molecular weight excluding hydrogens is 300 g/mol. The van der Waals surface area contributed by atoms with E-state index >= 15 is 0 Å². The van der Waals surface area contributed by atoms with Crippen LogP contribution in [0.15, 0.2) is 15.9 Å². The van der Waals surface area contributed by atoms with E-state index in [2.05, 4.69) is 39.9 Å². The van der Waals surface area contributed by atoms with Crippen LogP contribution in [0.1, 0.15) is 24.3 Å². The van der Waals surface area contributed by atoms with Gasteiger partial charge in [0.25, 0.3) is 0 Å². The zero-order valence-electron chi connectivity index (χ0n) is 10.1. The summed E-state index contributed by atoms with van der Waals surface area (Å²) in [5, 5.41) is 0. The zero-order chi connectivity index (χ0) is 12.3. The van der Waals surface area contributed by atoms with Crippen molar-refractivity contribution in [2.24, 2.45) is 5.73 Å². The van der Waals surface area contributed by atoms with Crippen molar-refractivity contribution in [2.75, 3.05) is 26.3 Å². The molecule has 2 heterocycles. The van der Waals surface area contributed by atoms with Gasteiger partial charge in [-0.05, 0) is 34.5 Å². The summed E-state index contributed by atoms with van der Waals surface area (Å²) in [4.78, 5) is 3.85. The second-order valence-corrected chi connectivity index (χ2v) is 6.76. The van der Waals surface area contributed by atoms with Crippen LogP contribution in [0.5, 0.6) is 0 Å². The number of nitrogens with zero attached hydrogens (tertiary/aromatic N) is 1. The molecule has 1 fully saturated rings. The smallest absolute Gasteiger partial charge is 0.0702 e. The lowest BCUT2D eigenvalue weighted by Crippen LogP contribution is -2.48. The SMILES string of the molecule is CCC1COCCN1C(CN)c1ccc(Br)s1. The molecule has 1 saturated heterocycles. The molecule has 3 nitrogen and oxygen atoms in total. The van der Waals surface area contributed by atoms with Gasteiger partial charge < -0.3 is 10.5 Å². The monoisotopic (exact) mass is 318 g/mol. The Morgan fingerprint density at radius 2 is 2.47 bits per heavy atom. The van der Waals surface area contributed by atoms with Crippen LogP contribution in [0.2, 0.25) is 0 Å². The summed E-state index contributed by atoms with van der Waals surface area (Å²) in [7, 11) is 0. The van der Waals surface area contributed by atoms with E-state index in [4.69, 9.17) is 10.5 Å². The lowest BCUT2D eigenvalue weighted by molar-refractivity contribution is -0.0284. The van der Waals surface area contributed by atoms with Crippen LogP contribution < -0.4 is 5.73 Å². The van der Waals surface area contributed by atoms with Crippen LogP contribution >= 0.6 is 27.3 Å². The molecule has 2 atom stereocenters. The average molecular weight is 319 g/mol. The molecule has 0 saturated carbocycles. The fourth-order valence-electron chi connectivity index (χ4n) is 2.35. The van der Waals surface area contributed by atoms with Gasteiger partial charge in [-0.25, -0.2) is 0 Å². The maximum atomic E-state index is 5.97. The fourth-order valence-corrected chi connectivity index (χ4v) is 3.91. The molecule has 5 heteroatoms. The topological polar surface area (TPSA) is 38.5 Å². The van der Waals surface area contributed by atoms with Gasteiger partial charge in [-0.2, -0.15) is 0 Å². The van der Waals surface area contributed by atoms with E-state index in [9.17, 15) is 0 Å². The van der Waals surface area contributed by atoms with Crippen molar-refractivity contribution in [1.29, 1.82) is 0 Å². The molecule has 2 N–H and O–H groups in total. The molecule has 2 unspecified atom stereocenters. The summed E-state index contributed by atoms with van der Waals surface area (Å²) in [6, 6.07) is 5.11. The normalized spacial score (nSPS) is 23.8. The van der Waals surface area contributed by atoms with Gasteiger partial charge in [-0.15, -0.1) is 11.3 Å². The highest BCUT2D eigenvalue weighted by molar-refractivity contribution is 9.11. The van der Waals surface area contributed by atoms with Crippen molar-refractivity contribution in [3.05, 3.63) is 20.8 Å². The van der Waals surface area contributed by atoms with Crippen LogP contribution in [0.3, 0.4) is 0 Å². The highest BCUT2D eigenvalue weighted by Gasteiger charge is 2.29. The molecule has 17 heavy (non-hydrogen) atoms. The maximum absolute atomic E-state index is 5.97. The van der Waals surface area contributed by atoms with Gasteiger partial charge in [0.15, 0.2) is 0 Å². The summed E-state index contributed by atoms with van der Waals surface area (Å²) in [6.45, 7) is 5.52. The molecule has 1 aliphatic heterocycles. The second kappa shape index (κ2) is 6.29. The standard InChI is InChI=1S/C12H19BrN2OS/c1-2-9-8-16-6-5-15(9)10(7-14)11-3-4-12(13)17-11/h3-4,9-10H,2,5-8,14H2,1H3. The van der Waals surface area contributed by atoms with Gasteiger partial charge in [0.05, 0.1) is 23.0 Å². The molecule has 96 valence electrons. The number of ether oxygens (including phenoxy) is 1. The minimum atomic E-state index is 0.333. The molecule has 1 aromatic heterocycles. The van der Waals surface area contributed by atoms with E-state index < -0.39 is 0 Å². The van der Waals surface area contributed by atoms with Crippen LogP contribution in [-0.2, 0) is 4.74 Å². The summed E-state index contributed by atoms with van der Waals surface area (Å²) in [5.41, 5.74) is 5.97. The Morgan fingerprint density at radius 3 is 3.06 bits per heavy atom. The molecule has 1 aromatic rings. The molecule has 0 amide bonds. The van der Waals surface area contributed by atoms with E-state index in [1.165, 1.54) is 8.66 Å². The summed E-state index contributed by atoms with van der Waals surface area (Å²) in [6.07, 6.45) is 1.11. The van der Waals surface area contributed by atoms with Gasteiger partial charge in [0.1, 0.15) is 0 Å². The first kappa shape index (κ1) is 13.5. The third kappa shape index (κ3) is 3.09. The van der Waals surface area contributed by atoms with E-state index in [0.717, 1.165) is 26.2 Å². The van der Waals surface area contributed by atoms with Crippen LogP contribution in [-0.4, -0.2) is 37.2 Å². The molecular formula is C12H19BrN2OS. The average Bonchev–Trinajstić information content (AvgIpc) is 2.77. The highest BCUT2D eigenvalue weighted by Crippen LogP contribution is 2.32. The number of halogens is 1. The van der Waals surface area contributed by atoms with Crippen molar-refractivity contribution in [2.45, 2.75) is 25.4 Å². The highest BCUT2D eigenvalue weighted by atomic mass is 79.9. The maximum Gasteiger partial charge on any atom is 0.0702 e. The van der Waals surface area contributed by atoms with Crippen molar-refractivity contribution in [1.82, 2.24) is 4.90 Å². The van der Waals surface area contributed by atoms with Gasteiger partial charge >= 0.3 is 0 Å². The lowest BCUT2D eigenvalue weighted by atomic mass is 10.1. The Balaban J connectivity index is 2.16. The number of hydrogen-bond donors (Lipinski definition) is 1. The first-order valence-electron chi connectivity index (χ1n) is 6.05. The minimum Gasteiger partial charge on any atom is -0.378 e. The molecule has 0 radical (unpaired) electrons. The number of rotatable bonds is 4. The van der Waals surface area contributed by atoms with E-state index in [-0.39, 0.29) is 0 Å². The van der Waals surface area contributed by atoms with Crippen LogP contribution in [0, 0.1) is 0 Å². The Hall–Kier alpha value is 0.0600. The predicted molar refractivity (Wildman–Crippen MR) is 75.4 cm³/mol. The van der Waals surface area contributed by atoms with Crippen molar-refractivity contribution in [3.8, 4) is 0 Å². The van der Waals surface area contributed by atoms with Crippen LogP contribution in [0.25, 0.3) is 0 Å². The molecule has 0 aliphatic carbocycles. The van der Waals surface area contributed by atoms with E-state index in [1.54, 1.807) is 11.3 Å². The number of nitrogens with two attached hydrogens (primary N) is 1. The van der Waals surface area contributed by atoms with Crippen molar-refractivity contribution in [3.63, 3.8) is 0 Å². The quantitative estimate of drug-likeness (QED) is 0.927. The Labute approximate surface area is 115 Å². The third-order valence-corrected chi connectivity index (χ3v) is 5.02. The lowest BCUT2D eigenvalue weighted by Gasteiger charge is -2.40. The molecule has 0 spiro atoms. The largest absolute Gasteiger partial charge is 0.378 e. The fraction of sp³-hybridized carbons (Fsp3) is 0.667. The number of hydrogen-bond acceptors (Lipinski definition) is 4. The minimum absolute atomic E-state index is 0.333. The predicted octanol–water partition coefficient (Wildman–Crippen LogP) is 2.62. The summed E-state index contributed by atoms with van der Waals surface area (Å²) in [5.74, 6) is 0. The van der Waals surface area contributed by atoms with Crippen LogP contribution in [0.4, 0.5) is 0 Å². The Kier molecular flexibility index (Phi) is 4.99. The van der Waals surface area contributed by atoms with Gasteiger partial charge in [-0.1, -0.05) is 6.92 Å². The molecule has 2 rings (SSSR count). The second-order valence-electron chi connectivity index (χ2n) is 4.27. The third-order valence-electron chi connectivity index (χ3n) is 3.29. The first-order valence-corrected chi connectivity index (χ1v) is 7.66. The molecule has 0 aromatic carbocycles. The molecule has 0 bridgehead atoms. The summed E-state index contributed by atoms with van der Waals surface area (Å²) < 4.78 is 6.72. The Morgan fingerprint density at radius 1 is 1.65 bits per heavy atom. The number of morpholine rings is 1. The van der Waals surface area contributed by atoms with Crippen molar-refractivity contribution >= 4 is 27.3 Å². The van der Waals surface area contributed by atoms with E-state index in [1.807, 2.05) is 0 Å².